The number of carbonyl (C=O) groups is 2. The molecule has 1 aliphatic rings. The summed E-state index contributed by atoms with van der Waals surface area (Å²) in [6.45, 7) is 6.20. The molecule has 1 N–H and O–H groups in total. The van der Waals surface area contributed by atoms with E-state index in [0.717, 1.165) is 13.0 Å². The maximum atomic E-state index is 11.6. The van der Waals surface area contributed by atoms with Crippen LogP contribution in [0.4, 0.5) is 0 Å². The standard InChI is InChI=1S/C11H20N2O2/c1-3-4-12-5-6-13-10(14)7-9(2)8-11(13)15/h9,12H,3-8H2,1-2H3. The van der Waals surface area contributed by atoms with Gasteiger partial charge < -0.3 is 5.32 Å². The highest BCUT2D eigenvalue weighted by molar-refractivity contribution is 5.97. The van der Waals surface area contributed by atoms with Gasteiger partial charge in [0.05, 0.1) is 0 Å². The Morgan fingerprint density at radius 3 is 2.40 bits per heavy atom. The van der Waals surface area contributed by atoms with Crippen LogP contribution in [0.1, 0.15) is 33.1 Å². The predicted octanol–water partition coefficient (Wildman–Crippen LogP) is 0.771. The van der Waals surface area contributed by atoms with E-state index in [-0.39, 0.29) is 17.7 Å². The summed E-state index contributed by atoms with van der Waals surface area (Å²) in [5.41, 5.74) is 0. The first kappa shape index (κ1) is 12.2. The predicted molar refractivity (Wildman–Crippen MR) is 58.3 cm³/mol. The zero-order valence-electron chi connectivity index (χ0n) is 9.58. The molecule has 2 amide bonds. The number of amides is 2. The van der Waals surface area contributed by atoms with Crippen LogP contribution in [0.25, 0.3) is 0 Å². The summed E-state index contributed by atoms with van der Waals surface area (Å²) < 4.78 is 0. The molecule has 1 fully saturated rings. The summed E-state index contributed by atoms with van der Waals surface area (Å²) in [6, 6.07) is 0. The van der Waals surface area contributed by atoms with Crippen molar-refractivity contribution in [1.82, 2.24) is 10.2 Å². The monoisotopic (exact) mass is 212 g/mol. The van der Waals surface area contributed by atoms with Crippen LogP contribution >= 0.6 is 0 Å². The fourth-order valence-electron chi connectivity index (χ4n) is 1.77. The number of nitrogens with zero attached hydrogens (tertiary/aromatic N) is 1. The molecule has 4 heteroatoms. The van der Waals surface area contributed by atoms with Crippen molar-refractivity contribution >= 4 is 11.8 Å². The lowest BCUT2D eigenvalue weighted by Gasteiger charge is -2.28. The lowest BCUT2D eigenvalue weighted by Crippen LogP contribution is -2.45. The van der Waals surface area contributed by atoms with Crippen molar-refractivity contribution in [2.24, 2.45) is 5.92 Å². The van der Waals surface area contributed by atoms with Crippen LogP contribution in [0.15, 0.2) is 0 Å². The van der Waals surface area contributed by atoms with E-state index < -0.39 is 0 Å². The molecular weight excluding hydrogens is 192 g/mol. The normalized spacial score (nSPS) is 18.7. The largest absolute Gasteiger partial charge is 0.315 e. The third-order valence-electron chi connectivity index (χ3n) is 2.59. The molecule has 0 saturated carbocycles. The average Bonchev–Trinajstić information content (AvgIpc) is 2.15. The summed E-state index contributed by atoms with van der Waals surface area (Å²) in [5, 5.41) is 3.19. The van der Waals surface area contributed by atoms with Gasteiger partial charge in [-0.05, 0) is 18.9 Å². The van der Waals surface area contributed by atoms with E-state index in [1.54, 1.807) is 0 Å². The van der Waals surface area contributed by atoms with Crippen molar-refractivity contribution in [3.8, 4) is 0 Å². The van der Waals surface area contributed by atoms with E-state index in [2.05, 4.69) is 12.2 Å². The van der Waals surface area contributed by atoms with Crippen molar-refractivity contribution in [3.63, 3.8) is 0 Å². The van der Waals surface area contributed by atoms with E-state index in [4.69, 9.17) is 0 Å². The minimum Gasteiger partial charge on any atom is -0.315 e. The van der Waals surface area contributed by atoms with E-state index >= 15 is 0 Å². The molecule has 1 aliphatic heterocycles. The second-order valence-corrected chi connectivity index (χ2v) is 4.20. The summed E-state index contributed by atoms with van der Waals surface area (Å²) in [4.78, 5) is 24.5. The SMILES string of the molecule is CCCNCCN1C(=O)CC(C)CC1=O. The molecule has 15 heavy (non-hydrogen) atoms. The fraction of sp³-hybridized carbons (Fsp3) is 0.818. The first-order valence-electron chi connectivity index (χ1n) is 5.69. The van der Waals surface area contributed by atoms with Crippen molar-refractivity contribution in [1.29, 1.82) is 0 Å². The minimum atomic E-state index is -0.0166. The quantitative estimate of drug-likeness (QED) is 0.541. The van der Waals surface area contributed by atoms with Gasteiger partial charge in [0.15, 0.2) is 0 Å². The third kappa shape index (κ3) is 3.63. The molecule has 1 saturated heterocycles. The highest BCUT2D eigenvalue weighted by Gasteiger charge is 2.29. The highest BCUT2D eigenvalue weighted by atomic mass is 16.2. The van der Waals surface area contributed by atoms with Gasteiger partial charge in [-0.15, -0.1) is 0 Å². The van der Waals surface area contributed by atoms with Gasteiger partial charge in [-0.3, -0.25) is 14.5 Å². The molecular formula is C11H20N2O2. The van der Waals surface area contributed by atoms with Crippen molar-refractivity contribution in [2.75, 3.05) is 19.6 Å². The minimum absolute atomic E-state index is 0.0166. The summed E-state index contributed by atoms with van der Waals surface area (Å²) in [5.74, 6) is 0.180. The van der Waals surface area contributed by atoms with E-state index in [0.29, 0.717) is 25.9 Å². The molecule has 0 spiro atoms. The fourth-order valence-corrected chi connectivity index (χ4v) is 1.77. The third-order valence-corrected chi connectivity index (χ3v) is 2.59. The Kier molecular flexibility index (Phi) is 4.75. The molecule has 0 aromatic carbocycles. The van der Waals surface area contributed by atoms with Gasteiger partial charge in [0, 0.05) is 25.9 Å². The number of hydrogen-bond acceptors (Lipinski definition) is 3. The van der Waals surface area contributed by atoms with Crippen LogP contribution in [0, 0.1) is 5.92 Å². The molecule has 0 aromatic heterocycles. The maximum absolute atomic E-state index is 11.6. The van der Waals surface area contributed by atoms with Crippen molar-refractivity contribution < 1.29 is 9.59 Å². The van der Waals surface area contributed by atoms with Crippen molar-refractivity contribution in [3.05, 3.63) is 0 Å². The van der Waals surface area contributed by atoms with Crippen molar-refractivity contribution in [2.45, 2.75) is 33.1 Å². The van der Waals surface area contributed by atoms with Gasteiger partial charge in [0.25, 0.3) is 0 Å². The number of likely N-dealkylation sites (tertiary alicyclic amines) is 1. The second-order valence-electron chi connectivity index (χ2n) is 4.20. The smallest absolute Gasteiger partial charge is 0.229 e. The molecule has 86 valence electrons. The molecule has 4 nitrogen and oxygen atoms in total. The van der Waals surface area contributed by atoms with Crippen LogP contribution in [-0.2, 0) is 9.59 Å². The zero-order valence-corrected chi connectivity index (χ0v) is 9.58. The number of nitrogens with one attached hydrogen (secondary N) is 1. The van der Waals surface area contributed by atoms with Crippen LogP contribution in [0.3, 0.4) is 0 Å². The molecule has 0 aromatic rings. The molecule has 0 bridgehead atoms. The number of carbonyl (C=O) groups excluding carboxylic acids is 2. The first-order valence-corrected chi connectivity index (χ1v) is 5.69. The number of rotatable bonds is 5. The van der Waals surface area contributed by atoms with E-state index in [1.807, 2.05) is 6.92 Å². The van der Waals surface area contributed by atoms with Gasteiger partial charge in [-0.2, -0.15) is 0 Å². The van der Waals surface area contributed by atoms with E-state index in [9.17, 15) is 9.59 Å². The van der Waals surface area contributed by atoms with Crippen LogP contribution < -0.4 is 5.32 Å². The summed E-state index contributed by atoms with van der Waals surface area (Å²) in [6.07, 6.45) is 2.10. The molecule has 0 aliphatic carbocycles. The van der Waals surface area contributed by atoms with Gasteiger partial charge in [0.1, 0.15) is 0 Å². The number of imide groups is 1. The van der Waals surface area contributed by atoms with E-state index in [1.165, 1.54) is 4.90 Å². The highest BCUT2D eigenvalue weighted by Crippen LogP contribution is 2.17. The Morgan fingerprint density at radius 1 is 1.27 bits per heavy atom. The lowest BCUT2D eigenvalue weighted by atomic mass is 9.98. The summed E-state index contributed by atoms with van der Waals surface area (Å²) >= 11 is 0. The Hall–Kier alpha value is -0.900. The molecule has 1 heterocycles. The van der Waals surface area contributed by atoms with Crippen LogP contribution in [0.5, 0.6) is 0 Å². The summed E-state index contributed by atoms with van der Waals surface area (Å²) in [7, 11) is 0. The Bertz CT molecular complexity index is 223. The van der Waals surface area contributed by atoms with Gasteiger partial charge >= 0.3 is 0 Å². The number of hydrogen-bond donors (Lipinski definition) is 1. The first-order chi connectivity index (χ1) is 7.15. The van der Waals surface area contributed by atoms with Gasteiger partial charge in [-0.25, -0.2) is 0 Å². The maximum Gasteiger partial charge on any atom is 0.229 e. The molecule has 1 rings (SSSR count). The lowest BCUT2D eigenvalue weighted by molar-refractivity contribution is -0.149. The van der Waals surface area contributed by atoms with Gasteiger partial charge in [-0.1, -0.05) is 13.8 Å². The number of piperidine rings is 1. The Labute approximate surface area is 91.0 Å². The topological polar surface area (TPSA) is 49.4 Å². The average molecular weight is 212 g/mol. The van der Waals surface area contributed by atoms with Crippen LogP contribution in [-0.4, -0.2) is 36.3 Å². The second kappa shape index (κ2) is 5.85. The molecule has 0 atom stereocenters. The zero-order chi connectivity index (χ0) is 11.3. The molecule has 0 unspecified atom stereocenters. The van der Waals surface area contributed by atoms with Crippen LogP contribution in [0.2, 0.25) is 0 Å². The van der Waals surface area contributed by atoms with Gasteiger partial charge in [0.2, 0.25) is 11.8 Å². The Balaban J connectivity index is 2.33. The Morgan fingerprint density at radius 2 is 1.87 bits per heavy atom. The molecule has 0 radical (unpaired) electrons.